The molecule has 1 aromatic rings. The Balaban J connectivity index is 2.70. The lowest BCUT2D eigenvalue weighted by Crippen LogP contribution is -2.31. The number of aromatic nitrogens is 3. The maximum absolute atomic E-state index is 11.6. The zero-order chi connectivity index (χ0) is 12.8. The second-order valence-electron chi connectivity index (χ2n) is 4.09. The summed E-state index contributed by atoms with van der Waals surface area (Å²) in [4.78, 5) is 11.6. The van der Waals surface area contributed by atoms with Crippen LogP contribution >= 0.6 is 0 Å². The van der Waals surface area contributed by atoms with Crippen LogP contribution < -0.4 is 11.1 Å². The highest BCUT2D eigenvalue weighted by Gasteiger charge is 2.17. The molecular formula is C11H21N5O. The standard InChI is InChI=1S/C11H21N5O/c1-4-6-9(12)10-7-16(15-14-10)8(3)11(17)13-5-2/h7-9H,4-6,12H2,1-3H3,(H,13,17). The number of nitrogens with zero attached hydrogens (tertiary/aromatic N) is 3. The van der Waals surface area contributed by atoms with Crippen LogP contribution in [0.25, 0.3) is 0 Å². The zero-order valence-electron chi connectivity index (χ0n) is 10.7. The molecule has 1 amide bonds. The molecule has 0 radical (unpaired) electrons. The number of hydrogen-bond acceptors (Lipinski definition) is 4. The average Bonchev–Trinajstić information content (AvgIpc) is 2.78. The van der Waals surface area contributed by atoms with Crippen molar-refractivity contribution in [2.75, 3.05) is 6.54 Å². The molecule has 0 spiro atoms. The van der Waals surface area contributed by atoms with Crippen molar-refractivity contribution in [2.45, 2.75) is 45.7 Å². The predicted molar refractivity (Wildman–Crippen MR) is 65.3 cm³/mol. The van der Waals surface area contributed by atoms with Crippen LogP contribution in [0, 0.1) is 0 Å². The molecule has 1 aromatic heterocycles. The molecule has 17 heavy (non-hydrogen) atoms. The highest BCUT2D eigenvalue weighted by atomic mass is 16.2. The van der Waals surface area contributed by atoms with E-state index < -0.39 is 0 Å². The van der Waals surface area contributed by atoms with E-state index in [1.807, 2.05) is 6.92 Å². The quantitative estimate of drug-likeness (QED) is 0.768. The fourth-order valence-electron chi connectivity index (χ4n) is 1.55. The highest BCUT2D eigenvalue weighted by Crippen LogP contribution is 2.14. The fraction of sp³-hybridized carbons (Fsp3) is 0.727. The van der Waals surface area contributed by atoms with Crippen LogP contribution in [-0.2, 0) is 4.79 Å². The van der Waals surface area contributed by atoms with Crippen LogP contribution in [0.15, 0.2) is 6.20 Å². The van der Waals surface area contributed by atoms with Crippen LogP contribution in [0.5, 0.6) is 0 Å². The summed E-state index contributed by atoms with van der Waals surface area (Å²) in [5, 5.41) is 10.7. The van der Waals surface area contributed by atoms with Crippen LogP contribution in [0.3, 0.4) is 0 Å². The summed E-state index contributed by atoms with van der Waals surface area (Å²) in [6.07, 6.45) is 3.62. The molecule has 2 unspecified atom stereocenters. The first-order valence-corrected chi connectivity index (χ1v) is 6.05. The van der Waals surface area contributed by atoms with Gasteiger partial charge in [-0.3, -0.25) is 4.79 Å². The summed E-state index contributed by atoms with van der Waals surface area (Å²) in [6, 6.07) is -0.458. The zero-order valence-corrected chi connectivity index (χ0v) is 10.7. The lowest BCUT2D eigenvalue weighted by molar-refractivity contribution is -0.124. The van der Waals surface area contributed by atoms with Crippen molar-refractivity contribution < 1.29 is 4.79 Å². The molecule has 6 nitrogen and oxygen atoms in total. The van der Waals surface area contributed by atoms with Gasteiger partial charge in [-0.05, 0) is 20.3 Å². The van der Waals surface area contributed by atoms with Crippen molar-refractivity contribution in [3.05, 3.63) is 11.9 Å². The SMILES string of the molecule is CCCC(N)c1cn(C(C)C(=O)NCC)nn1. The summed E-state index contributed by atoms with van der Waals surface area (Å²) in [6.45, 7) is 6.35. The Bertz CT molecular complexity index is 362. The van der Waals surface area contributed by atoms with E-state index in [0.717, 1.165) is 18.5 Å². The third-order valence-electron chi connectivity index (χ3n) is 2.63. The van der Waals surface area contributed by atoms with Crippen LogP contribution in [0.4, 0.5) is 0 Å². The van der Waals surface area contributed by atoms with E-state index in [1.54, 1.807) is 17.8 Å². The normalized spacial score (nSPS) is 14.4. The van der Waals surface area contributed by atoms with Gasteiger partial charge in [-0.2, -0.15) is 0 Å². The average molecular weight is 239 g/mol. The molecule has 1 rings (SSSR count). The maximum Gasteiger partial charge on any atom is 0.244 e. The molecule has 96 valence electrons. The summed E-state index contributed by atoms with van der Waals surface area (Å²) >= 11 is 0. The number of nitrogens with two attached hydrogens (primary N) is 1. The van der Waals surface area contributed by atoms with Crippen molar-refractivity contribution in [3.8, 4) is 0 Å². The number of rotatable bonds is 6. The lowest BCUT2D eigenvalue weighted by Gasteiger charge is -2.10. The first-order valence-electron chi connectivity index (χ1n) is 6.05. The van der Waals surface area contributed by atoms with Crippen molar-refractivity contribution in [1.82, 2.24) is 20.3 Å². The van der Waals surface area contributed by atoms with Crippen LogP contribution in [0.1, 0.15) is 51.4 Å². The molecule has 0 bridgehead atoms. The Morgan fingerprint density at radius 3 is 2.88 bits per heavy atom. The van der Waals surface area contributed by atoms with E-state index in [-0.39, 0.29) is 18.0 Å². The molecule has 0 fully saturated rings. The van der Waals surface area contributed by atoms with Gasteiger partial charge >= 0.3 is 0 Å². The van der Waals surface area contributed by atoms with Gasteiger partial charge in [-0.1, -0.05) is 18.6 Å². The number of amides is 1. The van der Waals surface area contributed by atoms with Gasteiger partial charge in [0.25, 0.3) is 0 Å². The Kier molecular flexibility index (Phi) is 5.09. The first kappa shape index (κ1) is 13.6. The van der Waals surface area contributed by atoms with Crippen molar-refractivity contribution in [3.63, 3.8) is 0 Å². The van der Waals surface area contributed by atoms with Gasteiger partial charge in [-0.25, -0.2) is 4.68 Å². The van der Waals surface area contributed by atoms with E-state index in [2.05, 4.69) is 22.6 Å². The molecular weight excluding hydrogens is 218 g/mol. The van der Waals surface area contributed by atoms with E-state index in [4.69, 9.17) is 5.73 Å². The van der Waals surface area contributed by atoms with Crippen molar-refractivity contribution >= 4 is 5.91 Å². The summed E-state index contributed by atoms with van der Waals surface area (Å²) < 4.78 is 1.55. The lowest BCUT2D eigenvalue weighted by atomic mass is 10.1. The number of hydrogen-bond donors (Lipinski definition) is 2. The minimum atomic E-state index is -0.356. The van der Waals surface area contributed by atoms with Gasteiger partial charge in [0.05, 0.1) is 17.9 Å². The Morgan fingerprint density at radius 2 is 2.29 bits per heavy atom. The summed E-state index contributed by atoms with van der Waals surface area (Å²) in [5.74, 6) is -0.0620. The summed E-state index contributed by atoms with van der Waals surface area (Å²) in [7, 11) is 0. The van der Waals surface area contributed by atoms with Gasteiger partial charge < -0.3 is 11.1 Å². The van der Waals surface area contributed by atoms with Crippen LogP contribution in [-0.4, -0.2) is 27.4 Å². The smallest absolute Gasteiger partial charge is 0.244 e. The topological polar surface area (TPSA) is 85.8 Å². The van der Waals surface area contributed by atoms with Crippen molar-refractivity contribution in [2.24, 2.45) is 5.73 Å². The molecule has 2 atom stereocenters. The van der Waals surface area contributed by atoms with E-state index in [1.165, 1.54) is 0 Å². The number of carbonyl (C=O) groups is 1. The molecule has 1 heterocycles. The monoisotopic (exact) mass is 239 g/mol. The van der Waals surface area contributed by atoms with Gasteiger partial charge in [-0.15, -0.1) is 5.10 Å². The molecule has 0 saturated carbocycles. The van der Waals surface area contributed by atoms with Gasteiger partial charge in [0, 0.05) is 6.54 Å². The second-order valence-corrected chi connectivity index (χ2v) is 4.09. The largest absolute Gasteiger partial charge is 0.355 e. The highest BCUT2D eigenvalue weighted by molar-refractivity contribution is 5.79. The molecule has 0 aliphatic carbocycles. The first-order chi connectivity index (χ1) is 8.10. The van der Waals surface area contributed by atoms with Gasteiger partial charge in [0.1, 0.15) is 6.04 Å². The summed E-state index contributed by atoms with van der Waals surface area (Å²) in [5.41, 5.74) is 6.68. The van der Waals surface area contributed by atoms with Crippen LogP contribution in [0.2, 0.25) is 0 Å². The van der Waals surface area contributed by atoms with E-state index in [9.17, 15) is 4.79 Å². The molecule has 0 aliphatic rings. The minimum absolute atomic E-state index is 0.0620. The fourth-order valence-corrected chi connectivity index (χ4v) is 1.55. The van der Waals surface area contributed by atoms with Gasteiger partial charge in [0.2, 0.25) is 5.91 Å². The molecule has 6 heteroatoms. The molecule has 0 aromatic carbocycles. The van der Waals surface area contributed by atoms with E-state index in [0.29, 0.717) is 6.54 Å². The molecule has 0 saturated heterocycles. The maximum atomic E-state index is 11.6. The van der Waals surface area contributed by atoms with E-state index >= 15 is 0 Å². The Hall–Kier alpha value is -1.43. The minimum Gasteiger partial charge on any atom is -0.355 e. The third-order valence-corrected chi connectivity index (χ3v) is 2.63. The Morgan fingerprint density at radius 1 is 1.59 bits per heavy atom. The Labute approximate surface area is 102 Å². The number of nitrogens with one attached hydrogen (secondary N) is 1. The molecule has 3 N–H and O–H groups in total. The predicted octanol–water partition coefficient (Wildman–Crippen LogP) is 0.775. The second kappa shape index (κ2) is 6.34. The third kappa shape index (κ3) is 3.52. The molecule has 0 aliphatic heterocycles. The van der Waals surface area contributed by atoms with Crippen molar-refractivity contribution in [1.29, 1.82) is 0 Å². The number of carbonyl (C=O) groups excluding carboxylic acids is 1. The number of likely N-dealkylation sites (N-methyl/N-ethyl adjacent to an activating group) is 1. The van der Waals surface area contributed by atoms with Gasteiger partial charge in [0.15, 0.2) is 0 Å².